The average molecular weight is 651 g/mol. The second kappa shape index (κ2) is 12.6. The topological polar surface area (TPSA) is 76.5 Å². The summed E-state index contributed by atoms with van der Waals surface area (Å²) in [6.45, 7) is 14.1. The number of carbonyl (C=O) groups is 1. The van der Waals surface area contributed by atoms with Crippen molar-refractivity contribution in [3.05, 3.63) is 101 Å². The molecule has 0 saturated carbocycles. The van der Waals surface area contributed by atoms with E-state index in [4.69, 9.17) is 27.9 Å². The van der Waals surface area contributed by atoms with Gasteiger partial charge in [0.15, 0.2) is 0 Å². The van der Waals surface area contributed by atoms with Crippen molar-refractivity contribution in [2.75, 3.05) is 45.9 Å². The third-order valence-corrected chi connectivity index (χ3v) is 10.7. The molecule has 3 fully saturated rings. The summed E-state index contributed by atoms with van der Waals surface area (Å²) in [5.74, 6) is -0.202. The molecule has 47 heavy (non-hydrogen) atoms. The smallest absolute Gasteiger partial charge is 0.246 e. The molecule has 2 aromatic rings. The molecule has 1 amide bonds. The fourth-order valence-corrected chi connectivity index (χ4v) is 8.49. The summed E-state index contributed by atoms with van der Waals surface area (Å²) in [6, 6.07) is 13.6. The molecule has 1 aliphatic carbocycles. The number of rotatable bonds is 6. The van der Waals surface area contributed by atoms with Crippen molar-refractivity contribution in [3.8, 4) is 6.07 Å². The van der Waals surface area contributed by atoms with Crippen LogP contribution in [-0.4, -0.2) is 96.2 Å². The minimum absolute atomic E-state index is 0.140. The Morgan fingerprint density at radius 3 is 2.87 bits per heavy atom. The maximum Gasteiger partial charge on any atom is 0.246 e. The third-order valence-electron chi connectivity index (χ3n) is 10.4. The van der Waals surface area contributed by atoms with E-state index in [0.29, 0.717) is 43.2 Å². The van der Waals surface area contributed by atoms with E-state index in [2.05, 4.69) is 51.6 Å². The van der Waals surface area contributed by atoms with Crippen molar-refractivity contribution in [1.29, 1.82) is 5.26 Å². The summed E-state index contributed by atoms with van der Waals surface area (Å²) in [5, 5.41) is 13.3. The van der Waals surface area contributed by atoms with Crippen LogP contribution in [0.1, 0.15) is 24.8 Å². The van der Waals surface area contributed by atoms with Crippen molar-refractivity contribution >= 4 is 39.8 Å². The van der Waals surface area contributed by atoms with Crippen LogP contribution in [0.3, 0.4) is 0 Å². The molecule has 8 nitrogen and oxygen atoms in total. The van der Waals surface area contributed by atoms with E-state index in [1.807, 2.05) is 30.3 Å². The first-order chi connectivity index (χ1) is 22.9. The molecular weight excluding hydrogens is 615 g/mol. The van der Waals surface area contributed by atoms with Gasteiger partial charge in [0.1, 0.15) is 30.5 Å². The number of dihydropyridines is 1. The van der Waals surface area contributed by atoms with Gasteiger partial charge in [-0.3, -0.25) is 9.69 Å². The number of aliphatic imine (C=N–C) groups is 1. The molecule has 0 aromatic heterocycles. The molecule has 240 valence electrons. The van der Waals surface area contributed by atoms with Gasteiger partial charge in [-0.25, -0.2) is 16.0 Å². The maximum atomic E-state index is 14.6. The Kier molecular flexibility index (Phi) is 8.38. The fraction of sp³-hybridized carbons (Fsp3) is 0.405. The number of hydrogen-bond acceptors (Lipinski definition) is 6. The average Bonchev–Trinajstić information content (AvgIpc) is 3.61. The van der Waals surface area contributed by atoms with Gasteiger partial charge in [0, 0.05) is 54.6 Å². The predicted molar refractivity (Wildman–Crippen MR) is 181 cm³/mol. The zero-order valence-corrected chi connectivity index (χ0v) is 26.9. The molecule has 0 bridgehead atoms. The van der Waals surface area contributed by atoms with Gasteiger partial charge in [0.25, 0.3) is 0 Å². The molecular formula is C37H36ClFN6O2. The highest BCUT2D eigenvalue weighted by Crippen LogP contribution is 2.43. The molecule has 2 unspecified atom stereocenters. The number of carbonyl (C=O) groups excluding carboxylic acids is 1. The number of nitriles is 1. The molecule has 3 saturated heterocycles. The first-order valence-corrected chi connectivity index (χ1v) is 16.6. The lowest BCUT2D eigenvalue weighted by molar-refractivity contribution is -0.130. The van der Waals surface area contributed by atoms with E-state index in [1.165, 1.54) is 6.08 Å². The largest absolute Gasteiger partial charge is 0.475 e. The second-order valence-electron chi connectivity index (χ2n) is 13.0. The van der Waals surface area contributed by atoms with Crippen LogP contribution in [0.15, 0.2) is 83.5 Å². The molecule has 5 aliphatic rings. The summed E-state index contributed by atoms with van der Waals surface area (Å²) < 4.78 is 21.1. The van der Waals surface area contributed by atoms with Crippen LogP contribution in [-0.2, 0) is 9.53 Å². The zero-order chi connectivity index (χ0) is 32.7. The van der Waals surface area contributed by atoms with E-state index in [-0.39, 0.29) is 43.0 Å². The van der Waals surface area contributed by atoms with Crippen LogP contribution in [0.2, 0.25) is 5.02 Å². The normalized spacial score (nSPS) is 28.7. The highest BCUT2D eigenvalue weighted by Gasteiger charge is 2.50. The first kappa shape index (κ1) is 31.2. The van der Waals surface area contributed by atoms with Gasteiger partial charge in [-0.15, -0.1) is 0 Å². The van der Waals surface area contributed by atoms with Gasteiger partial charge < -0.3 is 19.4 Å². The van der Waals surface area contributed by atoms with E-state index >= 15 is 0 Å². The summed E-state index contributed by atoms with van der Waals surface area (Å²) in [6.07, 6.45) is 8.91. The van der Waals surface area contributed by atoms with Crippen molar-refractivity contribution in [1.82, 2.24) is 14.7 Å². The van der Waals surface area contributed by atoms with E-state index in [1.54, 1.807) is 4.90 Å². The SMILES string of the molecule is [C-]#[N+]C[C@H]1CN(C2=C(C#N)C(OC[C@@]34CCCN3C[C@H](F)C4)=NC3C=C(c4cccc5cccc(Cl)c45)C=CC23)CCN1C(=O)C=C. The molecule has 4 aliphatic heterocycles. The summed E-state index contributed by atoms with van der Waals surface area (Å²) in [4.78, 5) is 27.4. The maximum absolute atomic E-state index is 14.6. The van der Waals surface area contributed by atoms with Crippen molar-refractivity contribution < 1.29 is 13.9 Å². The molecule has 5 atom stereocenters. The number of amides is 1. The quantitative estimate of drug-likeness (QED) is 0.291. The van der Waals surface area contributed by atoms with Gasteiger partial charge in [0.05, 0.1) is 11.6 Å². The minimum atomic E-state index is -0.895. The molecule has 4 heterocycles. The van der Waals surface area contributed by atoms with E-state index in [0.717, 1.165) is 47.0 Å². The number of alkyl halides is 1. The first-order valence-electron chi connectivity index (χ1n) is 16.2. The van der Waals surface area contributed by atoms with Crippen LogP contribution >= 0.6 is 11.6 Å². The van der Waals surface area contributed by atoms with Crippen LogP contribution < -0.4 is 0 Å². The van der Waals surface area contributed by atoms with Crippen LogP contribution in [0.25, 0.3) is 21.2 Å². The number of ether oxygens (including phenoxy) is 1. The highest BCUT2D eigenvalue weighted by molar-refractivity contribution is 6.36. The zero-order valence-electron chi connectivity index (χ0n) is 26.1. The third kappa shape index (κ3) is 5.52. The lowest BCUT2D eigenvalue weighted by Crippen LogP contribution is -2.57. The van der Waals surface area contributed by atoms with E-state index in [9.17, 15) is 14.4 Å². The number of halogens is 2. The molecule has 2 aromatic carbocycles. The van der Waals surface area contributed by atoms with Gasteiger partial charge in [0.2, 0.25) is 18.3 Å². The Labute approximate surface area is 279 Å². The van der Waals surface area contributed by atoms with Crippen molar-refractivity contribution in [3.63, 3.8) is 0 Å². The highest BCUT2D eigenvalue weighted by atomic mass is 35.5. The predicted octanol–water partition coefficient (Wildman–Crippen LogP) is 5.83. The number of nitrogens with zero attached hydrogens (tertiary/aromatic N) is 6. The van der Waals surface area contributed by atoms with Crippen LogP contribution in [0.4, 0.5) is 4.39 Å². The number of piperazine rings is 1. The number of fused-ring (bicyclic) bond motifs is 3. The lowest BCUT2D eigenvalue weighted by atomic mass is 9.82. The van der Waals surface area contributed by atoms with Gasteiger partial charge in [-0.05, 0) is 48.1 Å². The number of allylic oxidation sites excluding steroid dienone is 2. The summed E-state index contributed by atoms with van der Waals surface area (Å²) >= 11 is 6.71. The Hall–Kier alpha value is -4.44. The summed E-state index contributed by atoms with van der Waals surface area (Å²) in [7, 11) is 0. The Morgan fingerprint density at radius 1 is 1.26 bits per heavy atom. The number of hydrogen-bond donors (Lipinski definition) is 0. The molecule has 7 rings (SSSR count). The molecule has 10 heteroatoms. The molecule has 0 N–H and O–H groups in total. The van der Waals surface area contributed by atoms with Crippen LogP contribution in [0.5, 0.6) is 0 Å². The number of benzene rings is 2. The van der Waals surface area contributed by atoms with Crippen molar-refractivity contribution in [2.45, 2.75) is 43.1 Å². The second-order valence-corrected chi connectivity index (χ2v) is 13.4. The molecule has 0 spiro atoms. The fourth-order valence-electron chi connectivity index (χ4n) is 8.20. The Morgan fingerprint density at radius 2 is 2.09 bits per heavy atom. The Bertz CT molecular complexity index is 1830. The standard InChI is InChI=1S/C37H36ClFN6O2/c1-3-33(46)45-16-15-43(22-27(45)20-41-2)35-29-12-11-25(28-9-4-7-24-8-5-10-31(38)34(24)28)17-32(29)42-36(30(35)19-40)47-23-37-13-6-14-44(37)21-26(39)18-37/h3-5,7-12,17,26-27,29,32H,1,6,13-16,18,20-23H2/t26-,27+,29?,32?,37+/m1/s1. The minimum Gasteiger partial charge on any atom is -0.475 e. The summed E-state index contributed by atoms with van der Waals surface area (Å²) in [5.41, 5.74) is 2.69. The van der Waals surface area contributed by atoms with Gasteiger partial charge >= 0.3 is 0 Å². The van der Waals surface area contributed by atoms with Gasteiger partial charge in [-0.2, -0.15) is 5.26 Å². The van der Waals surface area contributed by atoms with Crippen molar-refractivity contribution in [2.24, 2.45) is 10.9 Å². The van der Waals surface area contributed by atoms with Gasteiger partial charge in [-0.1, -0.05) is 66.7 Å². The Balaban J connectivity index is 1.28. The van der Waals surface area contributed by atoms with Crippen LogP contribution in [0, 0.1) is 23.8 Å². The molecule has 0 radical (unpaired) electrons. The van der Waals surface area contributed by atoms with E-state index < -0.39 is 11.7 Å². The lowest BCUT2D eigenvalue weighted by Gasteiger charge is -2.44. The monoisotopic (exact) mass is 650 g/mol.